The number of carbonyl (C=O) groups excluding carboxylic acids is 2. The SMILES string of the molecule is CCCCNC(=O)N(CC(C)C)C[C@H](O)[C@H](Cc1ccccc1)NC(=O)OC(C)(C)C. The van der Waals surface area contributed by atoms with Crippen LogP contribution in [0.2, 0.25) is 0 Å². The van der Waals surface area contributed by atoms with Gasteiger partial charge in [-0.15, -0.1) is 0 Å². The normalized spacial score (nSPS) is 13.4. The minimum absolute atomic E-state index is 0.115. The van der Waals surface area contributed by atoms with E-state index in [0.29, 0.717) is 19.5 Å². The van der Waals surface area contributed by atoms with Gasteiger partial charge in [-0.05, 0) is 45.1 Å². The van der Waals surface area contributed by atoms with E-state index >= 15 is 0 Å². The van der Waals surface area contributed by atoms with Crippen molar-refractivity contribution in [3.8, 4) is 0 Å². The maximum absolute atomic E-state index is 12.7. The predicted octanol–water partition coefficient (Wildman–Crippen LogP) is 3.95. The zero-order valence-electron chi connectivity index (χ0n) is 20.0. The Bertz CT molecular complexity index is 659. The number of unbranched alkanes of at least 4 members (excludes halogenated alkanes) is 1. The fourth-order valence-corrected chi connectivity index (χ4v) is 3.13. The first-order valence-corrected chi connectivity index (χ1v) is 11.3. The summed E-state index contributed by atoms with van der Waals surface area (Å²) in [5, 5.41) is 16.8. The van der Waals surface area contributed by atoms with Crippen molar-refractivity contribution in [1.29, 1.82) is 0 Å². The van der Waals surface area contributed by atoms with Crippen molar-refractivity contribution in [2.24, 2.45) is 5.92 Å². The summed E-state index contributed by atoms with van der Waals surface area (Å²) >= 11 is 0. The minimum Gasteiger partial charge on any atom is -0.444 e. The Labute approximate surface area is 187 Å². The van der Waals surface area contributed by atoms with Crippen molar-refractivity contribution in [2.45, 2.75) is 78.6 Å². The Kier molecular flexibility index (Phi) is 11.4. The highest BCUT2D eigenvalue weighted by Gasteiger charge is 2.28. The van der Waals surface area contributed by atoms with E-state index in [4.69, 9.17) is 4.74 Å². The summed E-state index contributed by atoms with van der Waals surface area (Å²) in [6.07, 6.45) is 0.777. The van der Waals surface area contributed by atoms with Gasteiger partial charge in [0.05, 0.1) is 18.7 Å². The molecule has 0 fully saturated rings. The van der Waals surface area contributed by atoms with E-state index < -0.39 is 23.8 Å². The highest BCUT2D eigenvalue weighted by molar-refractivity contribution is 5.74. The molecular weight excluding hydrogens is 394 g/mol. The zero-order valence-corrected chi connectivity index (χ0v) is 20.0. The molecule has 3 N–H and O–H groups in total. The number of aliphatic hydroxyl groups excluding tert-OH is 1. The smallest absolute Gasteiger partial charge is 0.407 e. The number of alkyl carbamates (subject to hydrolysis) is 1. The molecular formula is C24H41N3O4. The van der Waals surface area contributed by atoms with Crippen LogP contribution in [0.5, 0.6) is 0 Å². The summed E-state index contributed by atoms with van der Waals surface area (Å²) < 4.78 is 5.38. The lowest BCUT2D eigenvalue weighted by atomic mass is 10.0. The number of hydrogen-bond acceptors (Lipinski definition) is 4. The molecule has 0 saturated carbocycles. The van der Waals surface area contributed by atoms with Crippen LogP contribution in [0.4, 0.5) is 9.59 Å². The molecule has 31 heavy (non-hydrogen) atoms. The first-order valence-electron chi connectivity index (χ1n) is 11.3. The third kappa shape index (κ3) is 11.6. The van der Waals surface area contributed by atoms with Gasteiger partial charge in [0.2, 0.25) is 0 Å². The Morgan fingerprint density at radius 2 is 1.77 bits per heavy atom. The number of nitrogens with zero attached hydrogens (tertiary/aromatic N) is 1. The van der Waals surface area contributed by atoms with Crippen molar-refractivity contribution in [2.75, 3.05) is 19.6 Å². The Balaban J connectivity index is 2.93. The van der Waals surface area contributed by atoms with Crippen molar-refractivity contribution >= 4 is 12.1 Å². The molecule has 7 heteroatoms. The number of hydrogen-bond donors (Lipinski definition) is 3. The molecule has 0 spiro atoms. The zero-order chi connectivity index (χ0) is 23.4. The summed E-state index contributed by atoms with van der Waals surface area (Å²) in [5.74, 6) is 0.246. The van der Waals surface area contributed by atoms with Crippen LogP contribution in [0.3, 0.4) is 0 Å². The fourth-order valence-electron chi connectivity index (χ4n) is 3.13. The molecule has 1 rings (SSSR count). The molecule has 0 saturated heterocycles. The molecule has 1 aromatic carbocycles. The van der Waals surface area contributed by atoms with Gasteiger partial charge >= 0.3 is 12.1 Å². The quantitative estimate of drug-likeness (QED) is 0.459. The number of benzene rings is 1. The third-order valence-corrected chi connectivity index (χ3v) is 4.55. The molecule has 1 aromatic rings. The van der Waals surface area contributed by atoms with Crippen LogP contribution in [-0.4, -0.2) is 59.5 Å². The van der Waals surface area contributed by atoms with Gasteiger partial charge in [-0.3, -0.25) is 0 Å². The molecule has 176 valence electrons. The fraction of sp³-hybridized carbons (Fsp3) is 0.667. The largest absolute Gasteiger partial charge is 0.444 e. The van der Waals surface area contributed by atoms with E-state index in [9.17, 15) is 14.7 Å². The molecule has 3 amide bonds. The average Bonchev–Trinajstić information content (AvgIpc) is 2.66. The first-order chi connectivity index (χ1) is 14.5. The van der Waals surface area contributed by atoms with Gasteiger partial charge in [0.25, 0.3) is 0 Å². The van der Waals surface area contributed by atoms with Crippen LogP contribution >= 0.6 is 0 Å². The van der Waals surface area contributed by atoms with Gasteiger partial charge in [-0.1, -0.05) is 57.5 Å². The lowest BCUT2D eigenvalue weighted by Gasteiger charge is -2.32. The van der Waals surface area contributed by atoms with Crippen molar-refractivity contribution in [3.63, 3.8) is 0 Å². The van der Waals surface area contributed by atoms with Crippen LogP contribution in [-0.2, 0) is 11.2 Å². The number of nitrogens with one attached hydrogen (secondary N) is 2. The number of amides is 3. The predicted molar refractivity (Wildman–Crippen MR) is 124 cm³/mol. The van der Waals surface area contributed by atoms with Crippen molar-refractivity contribution < 1.29 is 19.4 Å². The monoisotopic (exact) mass is 435 g/mol. The average molecular weight is 436 g/mol. The van der Waals surface area contributed by atoms with Gasteiger partial charge in [-0.2, -0.15) is 0 Å². The van der Waals surface area contributed by atoms with E-state index in [1.54, 1.807) is 25.7 Å². The second-order valence-electron chi connectivity index (χ2n) is 9.39. The first kappa shape index (κ1) is 26.8. The van der Waals surface area contributed by atoms with Gasteiger partial charge in [0, 0.05) is 13.1 Å². The summed E-state index contributed by atoms with van der Waals surface area (Å²) in [7, 11) is 0. The molecule has 0 radical (unpaired) electrons. The lowest BCUT2D eigenvalue weighted by Crippen LogP contribution is -2.53. The third-order valence-electron chi connectivity index (χ3n) is 4.55. The van der Waals surface area contributed by atoms with E-state index in [1.807, 2.05) is 44.2 Å². The summed E-state index contributed by atoms with van der Waals surface area (Å²) in [4.78, 5) is 26.7. The number of rotatable bonds is 11. The molecule has 0 aliphatic carbocycles. The maximum Gasteiger partial charge on any atom is 0.407 e. The van der Waals surface area contributed by atoms with Crippen LogP contribution in [0.15, 0.2) is 30.3 Å². The van der Waals surface area contributed by atoms with Crippen molar-refractivity contribution in [3.05, 3.63) is 35.9 Å². The molecule has 7 nitrogen and oxygen atoms in total. The van der Waals surface area contributed by atoms with E-state index in [-0.39, 0.29) is 18.5 Å². The Hall–Kier alpha value is -2.28. The molecule has 0 bridgehead atoms. The number of urea groups is 1. The topological polar surface area (TPSA) is 90.9 Å². The summed E-state index contributed by atoms with van der Waals surface area (Å²) in [5.41, 5.74) is 0.334. The molecule has 0 aliphatic heterocycles. The van der Waals surface area contributed by atoms with Crippen LogP contribution in [0.25, 0.3) is 0 Å². The Morgan fingerprint density at radius 3 is 2.32 bits per heavy atom. The molecule has 0 aromatic heterocycles. The van der Waals surface area contributed by atoms with Gasteiger partial charge in [-0.25, -0.2) is 9.59 Å². The van der Waals surface area contributed by atoms with Crippen LogP contribution in [0.1, 0.15) is 59.9 Å². The van der Waals surface area contributed by atoms with Gasteiger partial charge in [0.1, 0.15) is 5.60 Å². The van der Waals surface area contributed by atoms with E-state index in [0.717, 1.165) is 18.4 Å². The van der Waals surface area contributed by atoms with E-state index in [2.05, 4.69) is 17.6 Å². The maximum atomic E-state index is 12.7. The van der Waals surface area contributed by atoms with Crippen LogP contribution < -0.4 is 10.6 Å². The number of ether oxygens (including phenoxy) is 1. The molecule has 2 atom stereocenters. The van der Waals surface area contributed by atoms with E-state index in [1.165, 1.54) is 0 Å². The minimum atomic E-state index is -0.955. The molecule has 0 aliphatic rings. The van der Waals surface area contributed by atoms with Crippen LogP contribution in [0, 0.1) is 5.92 Å². The second-order valence-corrected chi connectivity index (χ2v) is 9.39. The highest BCUT2D eigenvalue weighted by Crippen LogP contribution is 2.12. The lowest BCUT2D eigenvalue weighted by molar-refractivity contribution is 0.0382. The van der Waals surface area contributed by atoms with Crippen molar-refractivity contribution in [1.82, 2.24) is 15.5 Å². The summed E-state index contributed by atoms with van der Waals surface area (Å²) in [6.45, 7) is 12.7. The number of aliphatic hydroxyl groups is 1. The standard InChI is InChI=1S/C24H41N3O4/c1-7-8-14-25-22(29)27(16-18(2)3)17-21(28)20(15-19-12-10-9-11-13-19)26-23(30)31-24(4,5)6/h9-13,18,20-21,28H,7-8,14-17H2,1-6H3,(H,25,29)(H,26,30)/t20-,21-/m0/s1. The molecule has 0 heterocycles. The second kappa shape index (κ2) is 13.2. The summed E-state index contributed by atoms with van der Waals surface area (Å²) in [6, 6.07) is 8.84. The van der Waals surface area contributed by atoms with Gasteiger partial charge in [0.15, 0.2) is 0 Å². The molecule has 0 unspecified atom stereocenters. The van der Waals surface area contributed by atoms with Gasteiger partial charge < -0.3 is 25.4 Å². The highest BCUT2D eigenvalue weighted by atomic mass is 16.6. The number of carbonyl (C=O) groups is 2. The Morgan fingerprint density at radius 1 is 1.13 bits per heavy atom.